The van der Waals surface area contributed by atoms with Gasteiger partial charge in [0, 0.05) is 112 Å². The molecule has 0 saturated heterocycles. The molecule has 0 aliphatic carbocycles. The van der Waals surface area contributed by atoms with Crippen LogP contribution < -0.4 is 4.90 Å². The van der Waals surface area contributed by atoms with E-state index in [9.17, 15) is 0 Å². The first-order valence-corrected chi connectivity index (χ1v) is 4.72. The van der Waals surface area contributed by atoms with Gasteiger partial charge in [0.1, 0.15) is 0 Å². The number of benzene rings is 1. The van der Waals surface area contributed by atoms with Gasteiger partial charge in [-0.3, -0.25) is 0 Å². The molecule has 1 aromatic rings. The van der Waals surface area contributed by atoms with E-state index in [1.165, 1.54) is 11.1 Å². The van der Waals surface area contributed by atoms with Gasteiger partial charge in [-0.2, -0.15) is 28.5 Å². The fraction of sp³-hybridized carbons (Fsp3) is 0.417. The molecule has 1 aromatic carbocycles. The van der Waals surface area contributed by atoms with E-state index in [0.29, 0.717) is 6.42 Å². The number of rotatable bonds is 3. The summed E-state index contributed by atoms with van der Waals surface area (Å²) in [6, 6.07) is 9.44. The third kappa shape index (κ3) is 8.57. The molecule has 0 spiro atoms. The molecule has 0 atom stereocenters. The molecule has 2 nitrogen and oxygen atoms in total. The van der Waals surface area contributed by atoms with Gasteiger partial charge in [-0.25, -0.2) is 0 Å². The number of nitrogens with zero attached hydrogens (tertiary/aromatic N) is 2. The molecule has 0 unspecified atom stereocenters. The van der Waals surface area contributed by atoms with Crippen LogP contribution in [0.3, 0.4) is 0 Å². The largest absolute Gasteiger partial charge is 0.396 e. The Morgan fingerprint density at radius 1 is 1.24 bits per heavy atom. The Labute approximate surface area is 180 Å². The average Bonchev–Trinajstić information content (AvgIpc) is 2.18. The molecular formula is C12H15N2Y3-. The zero-order valence-corrected chi connectivity index (χ0v) is 19.2. The predicted molar refractivity (Wildman–Crippen MR) is 58.3 cm³/mol. The van der Waals surface area contributed by atoms with E-state index in [4.69, 9.17) is 5.26 Å². The maximum atomic E-state index is 8.47. The van der Waals surface area contributed by atoms with E-state index in [1.807, 2.05) is 13.1 Å². The summed E-state index contributed by atoms with van der Waals surface area (Å²) in [6.45, 7) is 4.92. The first kappa shape index (κ1) is 23.9. The van der Waals surface area contributed by atoms with Crippen LogP contribution in [0.5, 0.6) is 0 Å². The Morgan fingerprint density at radius 2 is 1.82 bits per heavy atom. The maximum absolute atomic E-state index is 8.47. The van der Waals surface area contributed by atoms with E-state index in [0.717, 1.165) is 12.2 Å². The molecule has 3 radical (unpaired) electrons. The van der Waals surface area contributed by atoms with Crippen molar-refractivity contribution in [2.24, 2.45) is 0 Å². The van der Waals surface area contributed by atoms with Gasteiger partial charge >= 0.3 is 0 Å². The summed E-state index contributed by atoms with van der Waals surface area (Å²) in [6.07, 6.45) is 0.553. The van der Waals surface area contributed by atoms with Crippen LogP contribution >= 0.6 is 0 Å². The smallest absolute Gasteiger partial charge is 0.0640 e. The third-order valence-electron chi connectivity index (χ3n) is 2.38. The van der Waals surface area contributed by atoms with E-state index >= 15 is 0 Å². The molecule has 83 valence electrons. The number of anilines is 1. The van der Waals surface area contributed by atoms with Gasteiger partial charge in [0.2, 0.25) is 0 Å². The minimum atomic E-state index is 0. The number of nitriles is 1. The van der Waals surface area contributed by atoms with E-state index in [1.54, 1.807) is 0 Å². The van der Waals surface area contributed by atoms with Crippen molar-refractivity contribution in [2.75, 3.05) is 18.5 Å². The second-order valence-electron chi connectivity index (χ2n) is 3.51. The summed E-state index contributed by atoms with van der Waals surface area (Å²) in [5.74, 6) is 0. The van der Waals surface area contributed by atoms with Gasteiger partial charge in [-0.15, -0.1) is 6.07 Å². The SMILES string of the molecule is Cc1c[c-]c(N(C)CCC#N)cc1C.[Y].[Y].[Y]. The van der Waals surface area contributed by atoms with Crippen LogP contribution in [0.25, 0.3) is 0 Å². The normalized spacial score (nSPS) is 7.88. The zero-order chi connectivity index (χ0) is 10.6. The third-order valence-corrected chi connectivity index (χ3v) is 2.38. The van der Waals surface area contributed by atoms with Crippen molar-refractivity contribution in [3.8, 4) is 6.07 Å². The Morgan fingerprint density at radius 3 is 2.29 bits per heavy atom. The summed E-state index contributed by atoms with van der Waals surface area (Å²) >= 11 is 0. The average molecular weight is 454 g/mol. The Kier molecular flexibility index (Phi) is 18.0. The molecule has 0 bridgehead atoms. The molecule has 1 rings (SSSR count). The molecule has 17 heavy (non-hydrogen) atoms. The molecule has 0 saturated carbocycles. The molecule has 0 aliphatic heterocycles. The van der Waals surface area contributed by atoms with Crippen molar-refractivity contribution in [3.63, 3.8) is 0 Å². The number of aryl methyl sites for hydroxylation is 2. The van der Waals surface area contributed by atoms with Crippen molar-refractivity contribution in [3.05, 3.63) is 29.3 Å². The summed E-state index contributed by atoms with van der Waals surface area (Å²) in [5.41, 5.74) is 3.58. The molecule has 0 amide bonds. The van der Waals surface area contributed by atoms with E-state index < -0.39 is 0 Å². The fourth-order valence-electron chi connectivity index (χ4n) is 1.22. The molecule has 0 N–H and O–H groups in total. The van der Waals surface area contributed by atoms with E-state index in [2.05, 4.69) is 36.9 Å². The minimum Gasteiger partial charge on any atom is -0.396 e. The number of hydrogen-bond acceptors (Lipinski definition) is 2. The van der Waals surface area contributed by atoms with Gasteiger partial charge in [0.05, 0.1) is 12.5 Å². The second kappa shape index (κ2) is 12.8. The molecule has 0 aromatic heterocycles. The van der Waals surface area contributed by atoms with Crippen molar-refractivity contribution < 1.29 is 98.1 Å². The summed E-state index contributed by atoms with van der Waals surface area (Å²) in [5, 5.41) is 8.47. The van der Waals surface area contributed by atoms with Crippen LogP contribution in [-0.4, -0.2) is 13.6 Å². The van der Waals surface area contributed by atoms with Gasteiger partial charge < -0.3 is 4.90 Å². The fourth-order valence-corrected chi connectivity index (χ4v) is 1.22. The zero-order valence-electron chi connectivity index (χ0n) is 10.7. The van der Waals surface area contributed by atoms with Gasteiger partial charge in [0.25, 0.3) is 0 Å². The van der Waals surface area contributed by atoms with E-state index in [-0.39, 0.29) is 98.1 Å². The van der Waals surface area contributed by atoms with Crippen molar-refractivity contribution in [1.82, 2.24) is 0 Å². The summed E-state index contributed by atoms with van der Waals surface area (Å²) in [7, 11) is 1.98. The van der Waals surface area contributed by atoms with Crippen LogP contribution in [0.2, 0.25) is 0 Å². The molecule has 0 aliphatic rings. The second-order valence-corrected chi connectivity index (χ2v) is 3.51. The van der Waals surface area contributed by atoms with Crippen molar-refractivity contribution in [1.29, 1.82) is 5.26 Å². The van der Waals surface area contributed by atoms with Gasteiger partial charge in [-0.1, -0.05) is 19.5 Å². The number of hydrogen-bond donors (Lipinski definition) is 0. The Balaban J connectivity index is -0.000000653. The first-order valence-electron chi connectivity index (χ1n) is 4.72. The van der Waals surface area contributed by atoms with Crippen molar-refractivity contribution in [2.45, 2.75) is 20.3 Å². The van der Waals surface area contributed by atoms with Crippen LogP contribution in [-0.2, 0) is 98.1 Å². The summed E-state index contributed by atoms with van der Waals surface area (Å²) in [4.78, 5) is 2.05. The van der Waals surface area contributed by atoms with Crippen LogP contribution in [0.4, 0.5) is 5.69 Å². The Bertz CT molecular complexity index is 361. The van der Waals surface area contributed by atoms with Gasteiger partial charge in [0.15, 0.2) is 0 Å². The van der Waals surface area contributed by atoms with Crippen molar-refractivity contribution >= 4 is 5.69 Å². The standard InChI is InChI=1S/C12H15N2.3Y/c1-10-5-6-12(9-11(10)2)14(3)8-4-7-13;;;/h5,9H,4,8H2,1-3H3;;;/q-1;;;. The Hall–Kier alpha value is 1.82. The predicted octanol–water partition coefficient (Wildman–Crippen LogP) is 2.45. The van der Waals surface area contributed by atoms with Gasteiger partial charge in [-0.05, 0) is 0 Å². The van der Waals surface area contributed by atoms with Crippen LogP contribution in [0.15, 0.2) is 12.1 Å². The first-order chi connectivity index (χ1) is 6.65. The maximum Gasteiger partial charge on any atom is 0.0640 e. The molecule has 5 heteroatoms. The minimum absolute atomic E-state index is 0. The monoisotopic (exact) mass is 454 g/mol. The topological polar surface area (TPSA) is 27.0 Å². The molecule has 0 fully saturated rings. The quantitative estimate of drug-likeness (QED) is 0.657. The van der Waals surface area contributed by atoms with Crippen LogP contribution in [0.1, 0.15) is 17.5 Å². The molecule has 0 heterocycles. The van der Waals surface area contributed by atoms with Crippen LogP contribution in [0, 0.1) is 31.2 Å². The summed E-state index contributed by atoms with van der Waals surface area (Å²) < 4.78 is 0. The molecular weight excluding hydrogens is 439 g/mol.